The molecule has 11 heteroatoms. The summed E-state index contributed by atoms with van der Waals surface area (Å²) in [4.78, 5) is 23.9. The molecule has 0 bridgehead atoms. The highest BCUT2D eigenvalue weighted by molar-refractivity contribution is 5.88. The Morgan fingerprint density at radius 2 is 2.16 bits per heavy atom. The Morgan fingerprint density at radius 1 is 1.25 bits per heavy atom. The van der Waals surface area contributed by atoms with E-state index in [4.69, 9.17) is 10.5 Å². The molecule has 11 nitrogen and oxygen atoms in total. The van der Waals surface area contributed by atoms with Crippen LogP contribution in [0.1, 0.15) is 43.8 Å². The molecule has 1 saturated heterocycles. The van der Waals surface area contributed by atoms with Crippen LogP contribution in [-0.4, -0.2) is 56.3 Å². The quantitative estimate of drug-likeness (QED) is 0.550. The molecule has 0 radical (unpaired) electrons. The zero-order valence-electron chi connectivity index (χ0n) is 17.9. The lowest BCUT2D eigenvalue weighted by Gasteiger charge is -2.25. The number of hydrogen-bond donors (Lipinski definition) is 3. The summed E-state index contributed by atoms with van der Waals surface area (Å²) < 4.78 is 7.04. The van der Waals surface area contributed by atoms with Gasteiger partial charge in [-0.25, -0.2) is 14.8 Å². The summed E-state index contributed by atoms with van der Waals surface area (Å²) in [5.74, 6) is 1.71. The lowest BCUT2D eigenvalue weighted by atomic mass is 10.1. The predicted molar refractivity (Wildman–Crippen MR) is 119 cm³/mol. The van der Waals surface area contributed by atoms with Gasteiger partial charge in [-0.15, -0.1) is 10.2 Å². The van der Waals surface area contributed by atoms with E-state index in [0.29, 0.717) is 17.5 Å². The van der Waals surface area contributed by atoms with Crippen LogP contribution in [0.2, 0.25) is 0 Å². The molecule has 2 fully saturated rings. The topological polar surface area (TPSA) is 136 Å². The number of ether oxygens (including phenoxy) is 1. The third-order valence-corrected chi connectivity index (χ3v) is 6.16. The molecule has 0 spiro atoms. The highest BCUT2D eigenvalue weighted by atomic mass is 16.5. The molecule has 2 amide bonds. The zero-order valence-corrected chi connectivity index (χ0v) is 17.9. The van der Waals surface area contributed by atoms with Crippen molar-refractivity contribution < 1.29 is 9.53 Å². The van der Waals surface area contributed by atoms with Gasteiger partial charge in [-0.2, -0.15) is 0 Å². The van der Waals surface area contributed by atoms with Crippen molar-refractivity contribution in [2.24, 2.45) is 5.73 Å². The Kier molecular flexibility index (Phi) is 5.48. The second kappa shape index (κ2) is 8.58. The van der Waals surface area contributed by atoms with Crippen LogP contribution in [0.25, 0.3) is 5.65 Å². The molecule has 5 rings (SSSR count). The number of carbonyl (C=O) groups excluding carboxylic acids is 1. The summed E-state index contributed by atoms with van der Waals surface area (Å²) in [6.07, 6.45) is 8.12. The van der Waals surface area contributed by atoms with Crippen molar-refractivity contribution in [1.29, 1.82) is 0 Å². The minimum atomic E-state index is -0.309. The molecule has 1 aliphatic heterocycles. The number of aromatic nitrogens is 5. The minimum Gasteiger partial charge on any atom is -0.481 e. The molecule has 0 unspecified atom stereocenters. The SMILES string of the molecule is COc1cccc([C@H]2CCCN2c2cn3c(NC(=O)N[C@@H]4CC[C@H](N)C4)nnc3cn2)n1. The van der Waals surface area contributed by atoms with Crippen LogP contribution in [0, 0.1) is 0 Å². The monoisotopic (exact) mass is 437 g/mol. The fourth-order valence-electron chi connectivity index (χ4n) is 4.57. The maximum atomic E-state index is 12.5. The fraction of sp³-hybridized carbons (Fsp3) is 0.476. The van der Waals surface area contributed by atoms with Gasteiger partial charge in [0.15, 0.2) is 5.65 Å². The average molecular weight is 438 g/mol. The van der Waals surface area contributed by atoms with Crippen molar-refractivity contribution in [1.82, 2.24) is 29.9 Å². The molecule has 2 aliphatic rings. The van der Waals surface area contributed by atoms with Crippen LogP contribution >= 0.6 is 0 Å². The molecular formula is C21H27N9O2. The van der Waals surface area contributed by atoms with Gasteiger partial charge in [-0.1, -0.05) is 6.07 Å². The van der Waals surface area contributed by atoms with Gasteiger partial charge < -0.3 is 20.7 Å². The highest BCUT2D eigenvalue weighted by Gasteiger charge is 2.29. The first-order valence-electron chi connectivity index (χ1n) is 10.9. The van der Waals surface area contributed by atoms with Crippen LogP contribution in [-0.2, 0) is 0 Å². The van der Waals surface area contributed by atoms with E-state index in [0.717, 1.165) is 50.2 Å². The number of fused-ring (bicyclic) bond motifs is 1. The van der Waals surface area contributed by atoms with E-state index in [2.05, 4.69) is 35.7 Å². The molecule has 4 N–H and O–H groups in total. The van der Waals surface area contributed by atoms with Crippen molar-refractivity contribution >= 4 is 23.4 Å². The summed E-state index contributed by atoms with van der Waals surface area (Å²) in [7, 11) is 1.62. The molecule has 3 aromatic heterocycles. The van der Waals surface area contributed by atoms with Crippen LogP contribution in [0.15, 0.2) is 30.6 Å². The average Bonchev–Trinajstić information content (AvgIpc) is 3.54. The summed E-state index contributed by atoms with van der Waals surface area (Å²) in [6.45, 7) is 0.857. The number of urea groups is 1. The number of hydrogen-bond acceptors (Lipinski definition) is 8. The van der Waals surface area contributed by atoms with Crippen LogP contribution in [0.5, 0.6) is 5.88 Å². The van der Waals surface area contributed by atoms with Gasteiger partial charge in [-0.3, -0.25) is 9.72 Å². The Labute approximate surface area is 185 Å². The van der Waals surface area contributed by atoms with Crippen LogP contribution in [0.3, 0.4) is 0 Å². The van der Waals surface area contributed by atoms with E-state index in [1.54, 1.807) is 17.7 Å². The number of anilines is 2. The highest BCUT2D eigenvalue weighted by Crippen LogP contribution is 2.35. The fourth-order valence-corrected chi connectivity index (χ4v) is 4.57. The molecule has 3 aromatic rings. The number of nitrogens with two attached hydrogens (primary N) is 1. The lowest BCUT2D eigenvalue weighted by Crippen LogP contribution is -2.37. The van der Waals surface area contributed by atoms with Crippen LogP contribution in [0.4, 0.5) is 16.6 Å². The van der Waals surface area contributed by atoms with Gasteiger partial charge >= 0.3 is 6.03 Å². The normalized spacial score (nSPS) is 22.9. The number of nitrogens with one attached hydrogen (secondary N) is 2. The number of pyridine rings is 1. The van der Waals surface area contributed by atoms with Gasteiger partial charge in [0.05, 0.1) is 31.2 Å². The standard InChI is InChI=1S/C21H27N9O2/c1-32-19-6-2-4-15(25-19)16-5-3-9-29(16)18-12-30-17(11-23-18)27-28-20(30)26-21(31)24-14-8-7-13(22)10-14/h2,4,6,11-14,16H,3,5,7-10,22H2,1H3,(H2,24,26,28,31)/t13-,14+,16+/m0/s1. The molecule has 168 valence electrons. The molecule has 4 heterocycles. The van der Waals surface area contributed by atoms with Gasteiger partial charge in [0.25, 0.3) is 0 Å². The van der Waals surface area contributed by atoms with Gasteiger partial charge in [0.1, 0.15) is 5.82 Å². The Morgan fingerprint density at radius 3 is 2.97 bits per heavy atom. The van der Waals surface area contributed by atoms with E-state index in [1.807, 2.05) is 24.4 Å². The number of nitrogens with zero attached hydrogens (tertiary/aromatic N) is 6. The Bertz CT molecular complexity index is 1120. The van der Waals surface area contributed by atoms with Gasteiger partial charge in [0, 0.05) is 24.7 Å². The van der Waals surface area contributed by atoms with E-state index in [-0.39, 0.29) is 24.2 Å². The maximum absolute atomic E-state index is 12.5. The van der Waals surface area contributed by atoms with Crippen molar-refractivity contribution in [2.75, 3.05) is 23.9 Å². The van der Waals surface area contributed by atoms with Crippen molar-refractivity contribution in [3.63, 3.8) is 0 Å². The van der Waals surface area contributed by atoms with Crippen LogP contribution < -0.4 is 26.0 Å². The summed E-state index contributed by atoms with van der Waals surface area (Å²) in [5.41, 5.74) is 7.44. The van der Waals surface area contributed by atoms with Gasteiger partial charge in [0.2, 0.25) is 11.8 Å². The molecule has 3 atom stereocenters. The zero-order chi connectivity index (χ0) is 22.1. The summed E-state index contributed by atoms with van der Waals surface area (Å²) in [6, 6.07) is 5.82. The molecular weight excluding hydrogens is 410 g/mol. The lowest BCUT2D eigenvalue weighted by molar-refractivity contribution is 0.248. The van der Waals surface area contributed by atoms with Crippen molar-refractivity contribution in [3.8, 4) is 5.88 Å². The third kappa shape index (κ3) is 4.03. The number of carbonyl (C=O) groups is 1. The largest absolute Gasteiger partial charge is 0.481 e. The molecule has 1 aliphatic carbocycles. The Balaban J connectivity index is 1.36. The third-order valence-electron chi connectivity index (χ3n) is 6.16. The predicted octanol–water partition coefficient (Wildman–Crippen LogP) is 1.87. The number of methoxy groups -OCH3 is 1. The second-order valence-electron chi connectivity index (χ2n) is 8.32. The van der Waals surface area contributed by atoms with Gasteiger partial charge in [-0.05, 0) is 38.2 Å². The first kappa shape index (κ1) is 20.4. The second-order valence-corrected chi connectivity index (χ2v) is 8.32. The molecule has 0 aromatic carbocycles. The van der Waals surface area contributed by atoms with Crippen molar-refractivity contribution in [3.05, 3.63) is 36.3 Å². The summed E-state index contributed by atoms with van der Waals surface area (Å²) >= 11 is 0. The number of amides is 2. The molecule has 32 heavy (non-hydrogen) atoms. The van der Waals surface area contributed by atoms with E-state index in [1.165, 1.54) is 0 Å². The Hall–Kier alpha value is -3.47. The maximum Gasteiger partial charge on any atom is 0.321 e. The summed E-state index contributed by atoms with van der Waals surface area (Å²) in [5, 5.41) is 14.0. The molecule has 1 saturated carbocycles. The van der Waals surface area contributed by atoms with E-state index >= 15 is 0 Å². The number of rotatable bonds is 5. The van der Waals surface area contributed by atoms with E-state index in [9.17, 15) is 4.79 Å². The first-order chi connectivity index (χ1) is 15.6. The smallest absolute Gasteiger partial charge is 0.321 e. The van der Waals surface area contributed by atoms with E-state index < -0.39 is 0 Å². The van der Waals surface area contributed by atoms with Crippen molar-refractivity contribution in [2.45, 2.75) is 50.2 Å². The minimum absolute atomic E-state index is 0.0853. The first-order valence-corrected chi connectivity index (χ1v) is 10.9.